The van der Waals surface area contributed by atoms with Gasteiger partial charge in [-0.2, -0.15) is 0 Å². The van der Waals surface area contributed by atoms with Gasteiger partial charge in [0, 0.05) is 11.5 Å². The summed E-state index contributed by atoms with van der Waals surface area (Å²) in [5, 5.41) is 29.4. The van der Waals surface area contributed by atoms with Crippen molar-refractivity contribution >= 4 is 5.97 Å². The van der Waals surface area contributed by atoms with Gasteiger partial charge in [-0.3, -0.25) is 0 Å². The van der Waals surface area contributed by atoms with Crippen LogP contribution < -0.4 is 5.73 Å². The topological polar surface area (TPSA) is 104 Å². The number of rotatable bonds is 2. The number of phenolic OH excluding ortho intramolecular Hbond substituents is 1. The van der Waals surface area contributed by atoms with Gasteiger partial charge in [-0.15, -0.1) is 0 Å². The number of carboxylic acid groups (broad SMARTS) is 1. The first-order valence-electron chi connectivity index (χ1n) is 6.95. The molecule has 0 radical (unpaired) electrons. The Morgan fingerprint density at radius 1 is 1.29 bits per heavy atom. The molecule has 1 aliphatic carbocycles. The van der Waals surface area contributed by atoms with Gasteiger partial charge in [-0.1, -0.05) is 11.6 Å². The highest BCUT2D eigenvalue weighted by molar-refractivity contribution is 5.93. The van der Waals surface area contributed by atoms with E-state index >= 15 is 0 Å². The maximum Gasteiger partial charge on any atom is 0.339 e. The summed E-state index contributed by atoms with van der Waals surface area (Å²) in [7, 11) is 1.50. The predicted octanol–water partition coefficient (Wildman–Crippen LogP) is 2.89. The quantitative estimate of drug-likeness (QED) is 0.628. The Morgan fingerprint density at radius 3 is 2.43 bits per heavy atom. The first kappa shape index (κ1) is 17.0. The fraction of sp³-hybridized carbons (Fsp3) is 0.438. The van der Waals surface area contributed by atoms with Crippen LogP contribution in [0.25, 0.3) is 0 Å². The highest BCUT2D eigenvalue weighted by atomic mass is 16.4. The lowest BCUT2D eigenvalue weighted by Crippen LogP contribution is -2.07. The fourth-order valence-corrected chi connectivity index (χ4v) is 2.77. The molecule has 21 heavy (non-hydrogen) atoms. The van der Waals surface area contributed by atoms with E-state index in [-0.39, 0.29) is 23.0 Å². The Bertz CT molecular complexity index is 564. The molecule has 2 rings (SSSR count). The van der Waals surface area contributed by atoms with Crippen LogP contribution >= 0.6 is 0 Å². The summed E-state index contributed by atoms with van der Waals surface area (Å²) >= 11 is 0. The van der Waals surface area contributed by atoms with E-state index in [9.17, 15) is 15.0 Å². The van der Waals surface area contributed by atoms with E-state index in [0.29, 0.717) is 11.1 Å². The summed E-state index contributed by atoms with van der Waals surface area (Å²) in [6.07, 6.45) is 4.79. The monoisotopic (exact) mass is 293 g/mol. The van der Waals surface area contributed by atoms with Crippen LogP contribution in [0, 0.1) is 6.92 Å². The third kappa shape index (κ3) is 3.55. The Hall–Kier alpha value is -2.01. The third-order valence-electron chi connectivity index (χ3n) is 3.67. The highest BCUT2D eigenvalue weighted by Gasteiger charge is 2.26. The van der Waals surface area contributed by atoms with Crippen molar-refractivity contribution in [3.8, 4) is 11.5 Å². The Labute approximate surface area is 124 Å². The van der Waals surface area contributed by atoms with E-state index < -0.39 is 5.97 Å². The fourth-order valence-electron chi connectivity index (χ4n) is 2.77. The van der Waals surface area contributed by atoms with E-state index in [2.05, 4.69) is 5.73 Å². The Balaban J connectivity index is 0.00000106. The van der Waals surface area contributed by atoms with Crippen molar-refractivity contribution < 1.29 is 20.1 Å². The normalized spacial score (nSPS) is 17.5. The number of carboxylic acids is 1. The summed E-state index contributed by atoms with van der Waals surface area (Å²) in [6.45, 7) is 3.57. The number of nitrogens with two attached hydrogens (primary N) is 1. The third-order valence-corrected chi connectivity index (χ3v) is 3.67. The van der Waals surface area contributed by atoms with Crippen molar-refractivity contribution in [2.24, 2.45) is 5.73 Å². The van der Waals surface area contributed by atoms with Crippen LogP contribution in [0.4, 0.5) is 0 Å². The lowest BCUT2D eigenvalue weighted by atomic mass is 9.83. The molecule has 0 aromatic heterocycles. The van der Waals surface area contributed by atoms with Crippen LogP contribution in [0.1, 0.15) is 53.6 Å². The number of hydrogen-bond acceptors (Lipinski definition) is 4. The van der Waals surface area contributed by atoms with Crippen LogP contribution in [0.3, 0.4) is 0 Å². The zero-order chi connectivity index (χ0) is 16.2. The lowest BCUT2D eigenvalue weighted by molar-refractivity contribution is 0.0692. The average molecular weight is 293 g/mol. The van der Waals surface area contributed by atoms with Gasteiger partial charge in [0.1, 0.15) is 17.1 Å². The molecule has 0 heterocycles. The van der Waals surface area contributed by atoms with Crippen LogP contribution in [0.15, 0.2) is 17.7 Å². The first-order chi connectivity index (χ1) is 9.91. The van der Waals surface area contributed by atoms with Crippen molar-refractivity contribution in [1.82, 2.24) is 0 Å². The molecule has 1 aliphatic rings. The molecule has 1 unspecified atom stereocenters. The van der Waals surface area contributed by atoms with Gasteiger partial charge in [-0.05, 0) is 51.8 Å². The van der Waals surface area contributed by atoms with Gasteiger partial charge in [0.15, 0.2) is 0 Å². The molecule has 1 aromatic rings. The minimum absolute atomic E-state index is 0.0315. The van der Waals surface area contributed by atoms with Gasteiger partial charge >= 0.3 is 5.97 Å². The molecule has 5 nitrogen and oxygen atoms in total. The first-order valence-corrected chi connectivity index (χ1v) is 6.95. The largest absolute Gasteiger partial charge is 0.507 e. The Morgan fingerprint density at radius 2 is 1.90 bits per heavy atom. The summed E-state index contributed by atoms with van der Waals surface area (Å²) < 4.78 is 0. The molecule has 0 saturated carbocycles. The average Bonchev–Trinajstić information content (AvgIpc) is 2.39. The van der Waals surface area contributed by atoms with Crippen LogP contribution in [-0.4, -0.2) is 28.3 Å². The van der Waals surface area contributed by atoms with E-state index in [1.165, 1.54) is 18.7 Å². The van der Waals surface area contributed by atoms with Crippen LogP contribution in [-0.2, 0) is 0 Å². The molecule has 116 valence electrons. The van der Waals surface area contributed by atoms with Crippen molar-refractivity contribution in [2.45, 2.75) is 39.0 Å². The molecule has 0 fully saturated rings. The number of aryl methyl sites for hydroxylation is 1. The molecule has 0 amide bonds. The molecule has 0 bridgehead atoms. The molecule has 1 atom stereocenters. The summed E-state index contributed by atoms with van der Waals surface area (Å²) in [5.74, 6) is -1.63. The minimum atomic E-state index is -1.17. The molecule has 0 saturated heterocycles. The van der Waals surface area contributed by atoms with Gasteiger partial charge in [-0.25, -0.2) is 4.79 Å². The van der Waals surface area contributed by atoms with Gasteiger partial charge < -0.3 is 21.1 Å². The molecule has 1 aromatic carbocycles. The minimum Gasteiger partial charge on any atom is -0.507 e. The number of aromatic carboxylic acids is 1. The second-order valence-corrected chi connectivity index (χ2v) is 5.17. The van der Waals surface area contributed by atoms with Crippen molar-refractivity contribution in [2.75, 3.05) is 7.05 Å². The molecular formula is C16H23NO4. The lowest BCUT2D eigenvalue weighted by Gasteiger charge is -2.22. The van der Waals surface area contributed by atoms with Crippen molar-refractivity contribution in [3.05, 3.63) is 34.4 Å². The number of aromatic hydroxyl groups is 2. The number of hydrogen-bond donors (Lipinski definition) is 4. The Kier molecular flexibility index (Phi) is 5.79. The second-order valence-electron chi connectivity index (χ2n) is 5.17. The number of benzene rings is 1. The van der Waals surface area contributed by atoms with Crippen LogP contribution in [0.5, 0.6) is 11.5 Å². The molecule has 0 spiro atoms. The van der Waals surface area contributed by atoms with Gasteiger partial charge in [0.05, 0.1) is 0 Å². The molecular weight excluding hydrogens is 270 g/mol. The summed E-state index contributed by atoms with van der Waals surface area (Å²) in [4.78, 5) is 11.2. The van der Waals surface area contributed by atoms with Crippen LogP contribution in [0.2, 0.25) is 0 Å². The molecule has 5 N–H and O–H groups in total. The van der Waals surface area contributed by atoms with Crippen molar-refractivity contribution in [3.63, 3.8) is 0 Å². The summed E-state index contributed by atoms with van der Waals surface area (Å²) in [6, 6.07) is 1.41. The van der Waals surface area contributed by atoms with Gasteiger partial charge in [0.2, 0.25) is 0 Å². The van der Waals surface area contributed by atoms with Gasteiger partial charge in [0.25, 0.3) is 0 Å². The molecule has 5 heteroatoms. The summed E-state index contributed by atoms with van der Waals surface area (Å²) in [5.41, 5.74) is 6.28. The zero-order valence-corrected chi connectivity index (χ0v) is 12.7. The van der Waals surface area contributed by atoms with E-state index in [4.69, 9.17) is 5.11 Å². The zero-order valence-electron chi connectivity index (χ0n) is 12.7. The predicted molar refractivity (Wildman–Crippen MR) is 81.9 cm³/mol. The SMILES string of the molecule is CC1=CC(c2c(O)cc(C)c(C(=O)O)c2O)CCC1.CN. The van der Waals surface area contributed by atoms with E-state index in [0.717, 1.165) is 19.3 Å². The second kappa shape index (κ2) is 7.13. The smallest absolute Gasteiger partial charge is 0.339 e. The van der Waals surface area contributed by atoms with E-state index in [1.807, 2.05) is 13.0 Å². The highest BCUT2D eigenvalue weighted by Crippen LogP contribution is 2.43. The maximum atomic E-state index is 11.2. The number of phenols is 2. The van der Waals surface area contributed by atoms with Crippen molar-refractivity contribution in [1.29, 1.82) is 0 Å². The molecule has 0 aliphatic heterocycles. The number of carbonyl (C=O) groups is 1. The van der Waals surface area contributed by atoms with E-state index in [1.54, 1.807) is 6.92 Å². The maximum absolute atomic E-state index is 11.2. The standard InChI is InChI=1S/C15H18O4.CH5N/c1-8-4-3-5-10(6-8)13-11(16)7-9(2)12(14(13)17)15(18)19;1-2/h6-7,10,16-17H,3-5H2,1-2H3,(H,18,19);2H2,1H3. The number of allylic oxidation sites excluding steroid dienone is 2.